The predicted molar refractivity (Wildman–Crippen MR) is 75.0 cm³/mol. The Morgan fingerprint density at radius 3 is 2.58 bits per heavy atom. The number of hydrogen-bond acceptors (Lipinski definition) is 3. The van der Waals surface area contributed by atoms with Gasteiger partial charge in [0.05, 0.1) is 11.9 Å². The van der Waals surface area contributed by atoms with Gasteiger partial charge in [-0.1, -0.05) is 0 Å². The van der Waals surface area contributed by atoms with Crippen molar-refractivity contribution in [1.82, 2.24) is 9.97 Å². The molecule has 0 aliphatic carbocycles. The summed E-state index contributed by atoms with van der Waals surface area (Å²) < 4.78 is 0. The maximum atomic E-state index is 10.4. The molecule has 0 spiro atoms. The van der Waals surface area contributed by atoms with Crippen LogP contribution in [0.1, 0.15) is 5.69 Å². The van der Waals surface area contributed by atoms with Crippen LogP contribution in [0.2, 0.25) is 0 Å². The van der Waals surface area contributed by atoms with Gasteiger partial charge in [0.25, 0.3) is 0 Å². The zero-order valence-electron chi connectivity index (χ0n) is 10.8. The fourth-order valence-corrected chi connectivity index (χ4v) is 1.65. The summed E-state index contributed by atoms with van der Waals surface area (Å²) in [7, 11) is 3.97. The Kier molecular flexibility index (Phi) is 3.66. The number of carboxylic acid groups (broad SMARTS) is 1. The van der Waals surface area contributed by atoms with E-state index in [1.807, 2.05) is 43.3 Å². The number of aromatic nitrogens is 2. The first-order chi connectivity index (χ1) is 9.06. The lowest BCUT2D eigenvalue weighted by molar-refractivity contribution is -0.131. The van der Waals surface area contributed by atoms with Crippen molar-refractivity contribution in [3.63, 3.8) is 0 Å². The van der Waals surface area contributed by atoms with Crippen molar-refractivity contribution >= 4 is 17.7 Å². The van der Waals surface area contributed by atoms with Crippen LogP contribution in [-0.2, 0) is 4.79 Å². The number of anilines is 1. The minimum absolute atomic E-state index is 0.661. The summed E-state index contributed by atoms with van der Waals surface area (Å²) in [5.74, 6) is -0.262. The molecule has 0 aliphatic rings. The third-order valence-electron chi connectivity index (χ3n) is 2.66. The minimum Gasteiger partial charge on any atom is -0.478 e. The third kappa shape index (κ3) is 3.22. The van der Waals surface area contributed by atoms with Crippen molar-refractivity contribution in [2.45, 2.75) is 0 Å². The normalized spacial score (nSPS) is 10.8. The van der Waals surface area contributed by atoms with Gasteiger partial charge >= 0.3 is 5.97 Å². The molecule has 5 heteroatoms. The molecule has 1 aromatic heterocycles. The number of hydrogen-bond donors (Lipinski definition) is 2. The van der Waals surface area contributed by atoms with Crippen LogP contribution in [-0.4, -0.2) is 35.1 Å². The summed E-state index contributed by atoms with van der Waals surface area (Å²) in [6.07, 6.45) is 4.16. The number of carboxylic acids is 1. The van der Waals surface area contributed by atoms with Gasteiger partial charge in [0.1, 0.15) is 5.82 Å². The van der Waals surface area contributed by atoms with Crippen molar-refractivity contribution in [3.8, 4) is 11.4 Å². The van der Waals surface area contributed by atoms with Gasteiger partial charge in [-0.3, -0.25) is 0 Å². The molecule has 5 nitrogen and oxygen atoms in total. The third-order valence-corrected chi connectivity index (χ3v) is 2.66. The number of rotatable bonds is 4. The highest BCUT2D eigenvalue weighted by molar-refractivity contribution is 5.85. The predicted octanol–water partition coefficient (Wildman–Crippen LogP) is 2.24. The number of nitrogens with zero attached hydrogens (tertiary/aromatic N) is 2. The fraction of sp³-hybridized carbons (Fsp3) is 0.143. The standard InChI is InChI=1S/C14H15N3O2/c1-17(2)12-6-3-10(4-7-12)14-15-9-11(16-14)5-8-13(18)19/h3-9H,1-2H3,(H,15,16)(H,18,19)/b8-5+. The molecule has 1 heterocycles. The lowest BCUT2D eigenvalue weighted by atomic mass is 10.2. The number of aliphatic carboxylic acids is 1. The van der Waals surface area contributed by atoms with E-state index >= 15 is 0 Å². The molecule has 0 radical (unpaired) electrons. The maximum Gasteiger partial charge on any atom is 0.328 e. The van der Waals surface area contributed by atoms with E-state index in [1.165, 1.54) is 6.08 Å². The number of imidazole rings is 1. The van der Waals surface area contributed by atoms with Crippen LogP contribution in [0.25, 0.3) is 17.5 Å². The van der Waals surface area contributed by atoms with E-state index in [9.17, 15) is 4.79 Å². The number of aromatic amines is 1. The van der Waals surface area contributed by atoms with Gasteiger partial charge in [-0.05, 0) is 30.3 Å². The Hall–Kier alpha value is -2.56. The highest BCUT2D eigenvalue weighted by Crippen LogP contribution is 2.20. The summed E-state index contributed by atoms with van der Waals surface area (Å²) in [5, 5.41) is 8.56. The molecule has 0 saturated heterocycles. The summed E-state index contributed by atoms with van der Waals surface area (Å²) in [4.78, 5) is 19.7. The molecule has 0 atom stereocenters. The highest BCUT2D eigenvalue weighted by Gasteiger charge is 2.03. The molecule has 98 valence electrons. The van der Waals surface area contributed by atoms with Crippen LogP contribution in [0.3, 0.4) is 0 Å². The number of nitrogens with one attached hydrogen (secondary N) is 1. The zero-order chi connectivity index (χ0) is 13.8. The van der Waals surface area contributed by atoms with Crippen molar-refractivity contribution in [2.24, 2.45) is 0 Å². The summed E-state index contributed by atoms with van der Waals surface area (Å²) in [5.41, 5.74) is 2.73. The topological polar surface area (TPSA) is 69.2 Å². The number of carbonyl (C=O) groups is 1. The lowest BCUT2D eigenvalue weighted by Gasteiger charge is -2.12. The molecule has 0 amide bonds. The van der Waals surface area contributed by atoms with E-state index in [2.05, 4.69) is 9.97 Å². The van der Waals surface area contributed by atoms with Crippen molar-refractivity contribution in [2.75, 3.05) is 19.0 Å². The van der Waals surface area contributed by atoms with Crippen LogP contribution >= 0.6 is 0 Å². The summed E-state index contributed by atoms with van der Waals surface area (Å²) in [6.45, 7) is 0. The van der Waals surface area contributed by atoms with Gasteiger partial charge in [-0.25, -0.2) is 9.78 Å². The smallest absolute Gasteiger partial charge is 0.328 e. The average molecular weight is 257 g/mol. The fourth-order valence-electron chi connectivity index (χ4n) is 1.65. The Morgan fingerprint density at radius 2 is 2.00 bits per heavy atom. The molecule has 2 rings (SSSR count). The molecule has 2 N–H and O–H groups in total. The molecule has 0 aliphatic heterocycles. The molecular formula is C14H15N3O2. The molecule has 19 heavy (non-hydrogen) atoms. The Labute approximate surface area is 111 Å². The van der Waals surface area contributed by atoms with Crippen LogP contribution < -0.4 is 4.90 Å². The summed E-state index contributed by atoms with van der Waals surface area (Å²) in [6, 6.07) is 7.95. The molecule has 0 fully saturated rings. The monoisotopic (exact) mass is 257 g/mol. The van der Waals surface area contributed by atoms with Gasteiger partial charge in [-0.15, -0.1) is 0 Å². The maximum absolute atomic E-state index is 10.4. The Balaban J connectivity index is 2.20. The van der Waals surface area contributed by atoms with Crippen molar-refractivity contribution in [1.29, 1.82) is 0 Å². The average Bonchev–Trinajstić information content (AvgIpc) is 2.85. The van der Waals surface area contributed by atoms with E-state index < -0.39 is 5.97 Å². The van der Waals surface area contributed by atoms with Gasteiger partial charge in [-0.2, -0.15) is 0 Å². The van der Waals surface area contributed by atoms with E-state index in [0.717, 1.165) is 23.2 Å². The second kappa shape index (κ2) is 5.39. The Morgan fingerprint density at radius 1 is 1.32 bits per heavy atom. The quantitative estimate of drug-likeness (QED) is 0.824. The second-order valence-corrected chi connectivity index (χ2v) is 4.30. The molecule has 0 saturated carbocycles. The van der Waals surface area contributed by atoms with Crippen molar-refractivity contribution in [3.05, 3.63) is 42.2 Å². The van der Waals surface area contributed by atoms with E-state index in [4.69, 9.17) is 5.11 Å². The van der Waals surface area contributed by atoms with Crippen LogP contribution in [0.5, 0.6) is 0 Å². The van der Waals surface area contributed by atoms with E-state index in [0.29, 0.717) is 5.69 Å². The SMILES string of the molecule is CN(C)c1ccc(-c2ncc(/C=C/C(=O)O)[nH]2)cc1. The zero-order valence-corrected chi connectivity index (χ0v) is 10.8. The minimum atomic E-state index is -0.980. The molecule has 0 unspecified atom stereocenters. The Bertz CT molecular complexity index is 597. The first-order valence-corrected chi connectivity index (χ1v) is 5.80. The second-order valence-electron chi connectivity index (χ2n) is 4.30. The number of benzene rings is 1. The van der Waals surface area contributed by atoms with Crippen LogP contribution in [0.4, 0.5) is 5.69 Å². The number of H-pyrrole nitrogens is 1. The molecule has 2 aromatic rings. The lowest BCUT2D eigenvalue weighted by Crippen LogP contribution is -2.07. The van der Waals surface area contributed by atoms with Crippen LogP contribution in [0, 0.1) is 0 Å². The van der Waals surface area contributed by atoms with E-state index in [-0.39, 0.29) is 0 Å². The summed E-state index contributed by atoms with van der Waals surface area (Å²) >= 11 is 0. The van der Waals surface area contributed by atoms with Crippen LogP contribution in [0.15, 0.2) is 36.5 Å². The van der Waals surface area contributed by atoms with Gasteiger partial charge in [0, 0.05) is 31.4 Å². The first kappa shape index (κ1) is 12.9. The van der Waals surface area contributed by atoms with Crippen molar-refractivity contribution < 1.29 is 9.90 Å². The van der Waals surface area contributed by atoms with Gasteiger partial charge in [0.15, 0.2) is 0 Å². The largest absolute Gasteiger partial charge is 0.478 e. The molecular weight excluding hydrogens is 242 g/mol. The molecule has 1 aromatic carbocycles. The van der Waals surface area contributed by atoms with Gasteiger partial charge in [0.2, 0.25) is 0 Å². The highest BCUT2D eigenvalue weighted by atomic mass is 16.4. The van der Waals surface area contributed by atoms with E-state index in [1.54, 1.807) is 6.20 Å². The van der Waals surface area contributed by atoms with Gasteiger partial charge < -0.3 is 15.0 Å². The molecule has 0 bridgehead atoms. The first-order valence-electron chi connectivity index (χ1n) is 5.80.